The summed E-state index contributed by atoms with van der Waals surface area (Å²) in [4.78, 5) is 11.0. The van der Waals surface area contributed by atoms with Crippen LogP contribution in [0.25, 0.3) is 0 Å². The minimum Gasteiger partial charge on any atom is -0.468 e. The number of rotatable bonds is 1. The zero-order valence-corrected chi connectivity index (χ0v) is 5.96. The van der Waals surface area contributed by atoms with Crippen LogP contribution in [0.2, 0.25) is 0 Å². The lowest BCUT2D eigenvalue weighted by Crippen LogP contribution is -2.36. The van der Waals surface area contributed by atoms with Gasteiger partial charge in [-0.1, -0.05) is 0 Å². The number of carbonyl (C=O) groups is 1. The topological polar surface area (TPSA) is 52.3 Å². The predicted octanol–water partition coefficient (Wildman–Crippen LogP) is -0.103. The third-order valence-electron chi connectivity index (χ3n) is 2.93. The van der Waals surface area contributed by atoms with E-state index in [9.17, 15) is 4.79 Å². The van der Waals surface area contributed by atoms with Gasteiger partial charge in [0.15, 0.2) is 0 Å². The third kappa shape index (κ3) is 0.440. The van der Waals surface area contributed by atoms with Crippen molar-refractivity contribution in [3.05, 3.63) is 0 Å². The highest BCUT2D eigenvalue weighted by atomic mass is 16.5. The van der Waals surface area contributed by atoms with Gasteiger partial charge >= 0.3 is 5.97 Å². The zero-order chi connectivity index (χ0) is 7.35. The molecule has 3 atom stereocenters. The van der Waals surface area contributed by atoms with Crippen LogP contribution >= 0.6 is 0 Å². The summed E-state index contributed by atoms with van der Waals surface area (Å²) < 4.78 is 4.59. The molecule has 0 saturated heterocycles. The number of ether oxygens (including phenoxy) is 1. The first kappa shape index (κ1) is 6.16. The van der Waals surface area contributed by atoms with E-state index in [4.69, 9.17) is 5.73 Å². The van der Waals surface area contributed by atoms with Gasteiger partial charge in [-0.05, 0) is 24.7 Å². The Morgan fingerprint density at radius 3 is 2.40 bits per heavy atom. The maximum atomic E-state index is 11.0. The Hall–Kier alpha value is -0.570. The van der Waals surface area contributed by atoms with E-state index in [0.717, 1.165) is 12.8 Å². The van der Waals surface area contributed by atoms with Gasteiger partial charge in [0.2, 0.25) is 0 Å². The van der Waals surface area contributed by atoms with Gasteiger partial charge in [0.05, 0.1) is 7.11 Å². The molecule has 0 heterocycles. The van der Waals surface area contributed by atoms with Crippen LogP contribution in [0.15, 0.2) is 0 Å². The molecule has 2 saturated carbocycles. The monoisotopic (exact) mass is 141 g/mol. The van der Waals surface area contributed by atoms with Crippen LogP contribution in [0.4, 0.5) is 0 Å². The summed E-state index contributed by atoms with van der Waals surface area (Å²) in [5.74, 6) is 0.667. The largest absolute Gasteiger partial charge is 0.468 e. The Kier molecular flexibility index (Phi) is 0.944. The smallest absolute Gasteiger partial charge is 0.326 e. The summed E-state index contributed by atoms with van der Waals surface area (Å²) in [7, 11) is 1.40. The molecular formula is C7H11NO2. The number of carbonyl (C=O) groups excluding carboxylic acids is 1. The molecule has 2 aliphatic carbocycles. The zero-order valence-electron chi connectivity index (χ0n) is 5.96. The van der Waals surface area contributed by atoms with Crippen molar-refractivity contribution in [3.8, 4) is 0 Å². The number of hydrogen-bond donors (Lipinski definition) is 1. The van der Waals surface area contributed by atoms with Crippen LogP contribution < -0.4 is 5.73 Å². The fraction of sp³-hybridized carbons (Fsp3) is 0.857. The van der Waals surface area contributed by atoms with E-state index in [1.165, 1.54) is 7.11 Å². The number of methoxy groups -OCH3 is 1. The van der Waals surface area contributed by atoms with Crippen LogP contribution in [0.3, 0.4) is 0 Å². The summed E-state index contributed by atoms with van der Waals surface area (Å²) in [5.41, 5.74) is 5.20. The van der Waals surface area contributed by atoms with Gasteiger partial charge < -0.3 is 10.5 Å². The fourth-order valence-electron chi connectivity index (χ4n) is 2.02. The van der Waals surface area contributed by atoms with E-state index in [1.54, 1.807) is 0 Å². The highest BCUT2D eigenvalue weighted by Crippen LogP contribution is 2.63. The second-order valence-electron chi connectivity index (χ2n) is 3.21. The standard InChI is InChI=1S/C7H11NO2/c1-10-6(9)7(8)4-2-3-5(4)7/h4-5H,2-3,8H2,1H3/t4-,5+,7?. The van der Waals surface area contributed by atoms with Gasteiger partial charge in [-0.25, -0.2) is 0 Å². The summed E-state index contributed by atoms with van der Waals surface area (Å²) in [6, 6.07) is 0. The number of hydrogen-bond acceptors (Lipinski definition) is 3. The van der Waals surface area contributed by atoms with Crippen LogP contribution in [0.1, 0.15) is 12.8 Å². The van der Waals surface area contributed by atoms with E-state index >= 15 is 0 Å². The van der Waals surface area contributed by atoms with E-state index in [2.05, 4.69) is 4.74 Å². The molecule has 56 valence electrons. The second-order valence-corrected chi connectivity index (χ2v) is 3.21. The predicted molar refractivity (Wildman–Crippen MR) is 35.1 cm³/mol. The number of fused-ring (bicyclic) bond motifs is 1. The van der Waals surface area contributed by atoms with Crippen molar-refractivity contribution < 1.29 is 9.53 Å². The van der Waals surface area contributed by atoms with Gasteiger partial charge in [-0.3, -0.25) is 4.79 Å². The summed E-state index contributed by atoms with van der Waals surface area (Å²) >= 11 is 0. The molecular weight excluding hydrogens is 130 g/mol. The quantitative estimate of drug-likeness (QED) is 0.519. The van der Waals surface area contributed by atoms with Crippen molar-refractivity contribution in [2.75, 3.05) is 7.11 Å². The summed E-state index contributed by atoms with van der Waals surface area (Å²) in [5, 5.41) is 0. The maximum absolute atomic E-state index is 11.0. The van der Waals surface area contributed by atoms with Gasteiger partial charge in [0.1, 0.15) is 5.54 Å². The van der Waals surface area contributed by atoms with Crippen LogP contribution in [0, 0.1) is 11.8 Å². The van der Waals surface area contributed by atoms with Crippen molar-refractivity contribution in [1.82, 2.24) is 0 Å². The van der Waals surface area contributed by atoms with Crippen molar-refractivity contribution in [2.24, 2.45) is 17.6 Å². The van der Waals surface area contributed by atoms with Gasteiger partial charge in [0.25, 0.3) is 0 Å². The molecule has 1 unspecified atom stereocenters. The molecule has 0 aromatic heterocycles. The molecule has 3 nitrogen and oxygen atoms in total. The molecule has 0 bridgehead atoms. The number of nitrogens with two attached hydrogens (primary N) is 1. The lowest BCUT2D eigenvalue weighted by atomic mass is 10.0. The molecule has 0 radical (unpaired) electrons. The molecule has 10 heavy (non-hydrogen) atoms. The van der Waals surface area contributed by atoms with Gasteiger partial charge in [-0.2, -0.15) is 0 Å². The third-order valence-corrected chi connectivity index (χ3v) is 2.93. The molecule has 0 spiro atoms. The highest BCUT2D eigenvalue weighted by molar-refractivity contribution is 5.86. The Labute approximate surface area is 59.5 Å². The second kappa shape index (κ2) is 1.53. The average Bonchev–Trinajstić information content (AvgIpc) is 2.24. The van der Waals surface area contributed by atoms with Gasteiger partial charge in [-0.15, -0.1) is 0 Å². The molecule has 0 aromatic rings. The lowest BCUT2D eigenvalue weighted by Gasteiger charge is -2.04. The van der Waals surface area contributed by atoms with Crippen molar-refractivity contribution in [3.63, 3.8) is 0 Å². The number of esters is 1. The highest BCUT2D eigenvalue weighted by Gasteiger charge is 2.72. The minimum absolute atomic E-state index is 0.222. The molecule has 2 aliphatic rings. The van der Waals surface area contributed by atoms with Crippen molar-refractivity contribution in [1.29, 1.82) is 0 Å². The van der Waals surface area contributed by atoms with E-state index in [0.29, 0.717) is 11.8 Å². The first-order chi connectivity index (χ1) is 4.71. The first-order valence-electron chi connectivity index (χ1n) is 3.58. The van der Waals surface area contributed by atoms with E-state index in [-0.39, 0.29) is 5.97 Å². The molecule has 0 aromatic carbocycles. The lowest BCUT2D eigenvalue weighted by molar-refractivity contribution is -0.143. The molecule has 0 amide bonds. The molecule has 0 aliphatic heterocycles. The van der Waals surface area contributed by atoms with Crippen LogP contribution in [-0.2, 0) is 9.53 Å². The Balaban J connectivity index is 2.11. The Morgan fingerprint density at radius 2 is 2.10 bits per heavy atom. The normalized spacial score (nSPS) is 49.0. The Morgan fingerprint density at radius 1 is 1.60 bits per heavy atom. The SMILES string of the molecule is COC(=O)C1(N)[C@@H]2CC[C@@H]21. The van der Waals surface area contributed by atoms with Crippen molar-refractivity contribution in [2.45, 2.75) is 18.4 Å². The molecule has 2 fully saturated rings. The van der Waals surface area contributed by atoms with Crippen LogP contribution in [-0.4, -0.2) is 18.6 Å². The minimum atomic E-state index is -0.575. The summed E-state index contributed by atoms with van der Waals surface area (Å²) in [6.45, 7) is 0. The molecule has 2 N–H and O–H groups in total. The molecule has 2 rings (SSSR count). The van der Waals surface area contributed by atoms with Crippen LogP contribution in [0.5, 0.6) is 0 Å². The summed E-state index contributed by atoms with van der Waals surface area (Å²) in [6.07, 6.45) is 2.21. The van der Waals surface area contributed by atoms with E-state index < -0.39 is 5.54 Å². The Bertz CT molecular complexity index is 180. The van der Waals surface area contributed by atoms with Crippen molar-refractivity contribution >= 4 is 5.97 Å². The average molecular weight is 141 g/mol. The molecule has 3 heteroatoms. The van der Waals surface area contributed by atoms with E-state index in [1.807, 2.05) is 0 Å². The first-order valence-corrected chi connectivity index (χ1v) is 3.58. The van der Waals surface area contributed by atoms with Gasteiger partial charge in [0, 0.05) is 0 Å². The fourth-order valence-corrected chi connectivity index (χ4v) is 2.02. The maximum Gasteiger partial charge on any atom is 0.326 e.